The Morgan fingerprint density at radius 2 is 1.65 bits per heavy atom. The Morgan fingerprint density at radius 1 is 1.00 bits per heavy atom. The molecule has 120 valence electrons. The first-order valence-electron chi connectivity index (χ1n) is 8.00. The zero-order valence-electron chi connectivity index (χ0n) is 13.3. The van der Waals surface area contributed by atoms with Crippen molar-refractivity contribution in [1.82, 2.24) is 4.90 Å². The Labute approximate surface area is 136 Å². The van der Waals surface area contributed by atoms with E-state index < -0.39 is 0 Å². The lowest BCUT2D eigenvalue weighted by molar-refractivity contribution is 0.129. The van der Waals surface area contributed by atoms with Gasteiger partial charge < -0.3 is 14.4 Å². The first kappa shape index (κ1) is 15.4. The number of likely N-dealkylation sites (tertiary alicyclic amines) is 1. The summed E-state index contributed by atoms with van der Waals surface area (Å²) in [6.07, 6.45) is 1.95. The van der Waals surface area contributed by atoms with Crippen LogP contribution in [0.15, 0.2) is 54.6 Å². The predicted molar refractivity (Wildman–Crippen MR) is 89.0 cm³/mol. The Kier molecular flexibility index (Phi) is 4.81. The molecular formula is C19H21NO3. The van der Waals surface area contributed by atoms with Crippen LogP contribution in [0.4, 0.5) is 4.79 Å². The third-order valence-corrected chi connectivity index (χ3v) is 3.92. The fourth-order valence-electron chi connectivity index (χ4n) is 2.72. The zero-order valence-corrected chi connectivity index (χ0v) is 13.3. The molecule has 2 aromatic rings. The van der Waals surface area contributed by atoms with Crippen molar-refractivity contribution in [3.8, 4) is 17.2 Å². The van der Waals surface area contributed by atoms with Crippen molar-refractivity contribution in [1.29, 1.82) is 0 Å². The topological polar surface area (TPSA) is 38.8 Å². The second kappa shape index (κ2) is 7.18. The molecule has 1 aliphatic rings. The highest BCUT2D eigenvalue weighted by Crippen LogP contribution is 2.24. The van der Waals surface area contributed by atoms with Gasteiger partial charge in [-0.05, 0) is 55.2 Å². The molecule has 1 saturated heterocycles. The number of carbonyl (C=O) groups excluding carboxylic acids is 1. The van der Waals surface area contributed by atoms with Crippen LogP contribution in [0.1, 0.15) is 19.8 Å². The highest BCUT2D eigenvalue weighted by molar-refractivity contribution is 5.70. The van der Waals surface area contributed by atoms with E-state index in [1.807, 2.05) is 30.3 Å². The number of hydrogen-bond donors (Lipinski definition) is 0. The van der Waals surface area contributed by atoms with Crippen LogP contribution >= 0.6 is 0 Å². The monoisotopic (exact) mass is 311 g/mol. The fourth-order valence-corrected chi connectivity index (χ4v) is 2.72. The maximum absolute atomic E-state index is 12.2. The number of rotatable bonds is 3. The Morgan fingerprint density at radius 3 is 2.35 bits per heavy atom. The number of nitrogens with zero attached hydrogens (tertiary/aromatic N) is 1. The first-order valence-corrected chi connectivity index (χ1v) is 8.00. The summed E-state index contributed by atoms with van der Waals surface area (Å²) < 4.78 is 11.2. The van der Waals surface area contributed by atoms with Gasteiger partial charge in [0.25, 0.3) is 0 Å². The molecule has 1 aliphatic heterocycles. The van der Waals surface area contributed by atoms with Crippen LogP contribution < -0.4 is 9.47 Å². The van der Waals surface area contributed by atoms with Gasteiger partial charge >= 0.3 is 6.09 Å². The van der Waals surface area contributed by atoms with Crippen molar-refractivity contribution < 1.29 is 14.3 Å². The lowest BCUT2D eigenvalue weighted by Crippen LogP contribution is -2.40. The van der Waals surface area contributed by atoms with Crippen molar-refractivity contribution in [2.75, 3.05) is 13.1 Å². The molecule has 0 aliphatic carbocycles. The van der Waals surface area contributed by atoms with E-state index in [0.29, 0.717) is 17.4 Å². The maximum atomic E-state index is 12.2. The van der Waals surface area contributed by atoms with Crippen LogP contribution in [0, 0.1) is 5.92 Å². The summed E-state index contributed by atoms with van der Waals surface area (Å²) in [4.78, 5) is 13.9. The molecule has 0 N–H and O–H groups in total. The number of piperidine rings is 1. The third kappa shape index (κ3) is 4.25. The minimum absolute atomic E-state index is 0.270. The van der Waals surface area contributed by atoms with Crippen LogP contribution in [0.25, 0.3) is 0 Å². The molecule has 1 unspecified atom stereocenters. The van der Waals surface area contributed by atoms with E-state index in [1.54, 1.807) is 29.2 Å². The van der Waals surface area contributed by atoms with Crippen molar-refractivity contribution in [2.24, 2.45) is 5.92 Å². The number of carbonyl (C=O) groups is 1. The molecule has 0 bridgehead atoms. The number of benzene rings is 2. The number of ether oxygens (including phenoxy) is 2. The Balaban J connectivity index is 1.58. The standard InChI is InChI=1S/C19H21NO3/c1-15-6-5-13-20(14-15)19(21)23-18-11-9-17(10-12-18)22-16-7-3-2-4-8-16/h2-4,7-12,15H,5-6,13-14H2,1H3. The molecule has 4 nitrogen and oxygen atoms in total. The molecule has 0 aromatic heterocycles. The maximum Gasteiger partial charge on any atom is 0.415 e. The highest BCUT2D eigenvalue weighted by atomic mass is 16.6. The van der Waals surface area contributed by atoms with Gasteiger partial charge in [0.2, 0.25) is 0 Å². The quantitative estimate of drug-likeness (QED) is 0.824. The van der Waals surface area contributed by atoms with Crippen LogP contribution in [0.5, 0.6) is 17.2 Å². The third-order valence-electron chi connectivity index (χ3n) is 3.92. The molecule has 1 fully saturated rings. The number of hydrogen-bond acceptors (Lipinski definition) is 3. The molecule has 0 saturated carbocycles. The molecule has 23 heavy (non-hydrogen) atoms. The van der Waals surface area contributed by atoms with E-state index >= 15 is 0 Å². The van der Waals surface area contributed by atoms with Gasteiger partial charge in [-0.1, -0.05) is 25.1 Å². The summed E-state index contributed by atoms with van der Waals surface area (Å²) >= 11 is 0. The van der Waals surface area contributed by atoms with Crippen LogP contribution in [0.3, 0.4) is 0 Å². The van der Waals surface area contributed by atoms with E-state index in [9.17, 15) is 4.79 Å². The second-order valence-corrected chi connectivity index (χ2v) is 5.95. The summed E-state index contributed by atoms with van der Waals surface area (Å²) in [5.74, 6) is 2.56. The SMILES string of the molecule is CC1CCCN(C(=O)Oc2ccc(Oc3ccccc3)cc2)C1. The first-order chi connectivity index (χ1) is 11.2. The van der Waals surface area contributed by atoms with Gasteiger partial charge in [-0.25, -0.2) is 4.79 Å². The number of para-hydroxylation sites is 1. The smallest absolute Gasteiger partial charge is 0.415 e. The normalized spacial score (nSPS) is 17.6. The van der Waals surface area contributed by atoms with Gasteiger partial charge in [0.1, 0.15) is 17.2 Å². The largest absolute Gasteiger partial charge is 0.457 e. The molecule has 1 amide bonds. The molecular weight excluding hydrogens is 290 g/mol. The molecule has 1 atom stereocenters. The summed E-state index contributed by atoms with van der Waals surface area (Å²) in [5.41, 5.74) is 0. The average Bonchev–Trinajstić information content (AvgIpc) is 2.57. The minimum atomic E-state index is -0.270. The van der Waals surface area contributed by atoms with E-state index in [1.165, 1.54) is 6.42 Å². The van der Waals surface area contributed by atoms with Gasteiger partial charge in [-0.2, -0.15) is 0 Å². The van der Waals surface area contributed by atoms with Gasteiger partial charge in [-0.15, -0.1) is 0 Å². The van der Waals surface area contributed by atoms with E-state index in [4.69, 9.17) is 9.47 Å². The van der Waals surface area contributed by atoms with Crippen LogP contribution in [-0.4, -0.2) is 24.1 Å². The summed E-state index contributed by atoms with van der Waals surface area (Å²) in [5, 5.41) is 0. The van der Waals surface area contributed by atoms with E-state index in [0.717, 1.165) is 25.3 Å². The Bertz CT molecular complexity index is 639. The molecule has 3 rings (SSSR count). The van der Waals surface area contributed by atoms with Gasteiger partial charge in [-0.3, -0.25) is 0 Å². The van der Waals surface area contributed by atoms with Crippen LogP contribution in [0.2, 0.25) is 0 Å². The van der Waals surface area contributed by atoms with Crippen molar-refractivity contribution >= 4 is 6.09 Å². The molecule has 2 aromatic carbocycles. The van der Waals surface area contributed by atoms with E-state index in [-0.39, 0.29) is 6.09 Å². The van der Waals surface area contributed by atoms with Gasteiger partial charge in [0.15, 0.2) is 0 Å². The van der Waals surface area contributed by atoms with E-state index in [2.05, 4.69) is 6.92 Å². The fraction of sp³-hybridized carbons (Fsp3) is 0.316. The van der Waals surface area contributed by atoms with Gasteiger partial charge in [0, 0.05) is 13.1 Å². The summed E-state index contributed by atoms with van der Waals surface area (Å²) in [6, 6.07) is 16.7. The minimum Gasteiger partial charge on any atom is -0.457 e. The summed E-state index contributed by atoms with van der Waals surface area (Å²) in [7, 11) is 0. The van der Waals surface area contributed by atoms with Gasteiger partial charge in [0.05, 0.1) is 0 Å². The van der Waals surface area contributed by atoms with Crippen molar-refractivity contribution in [3.05, 3.63) is 54.6 Å². The lowest BCUT2D eigenvalue weighted by Gasteiger charge is -2.29. The Hall–Kier alpha value is -2.49. The summed E-state index contributed by atoms with van der Waals surface area (Å²) in [6.45, 7) is 3.71. The number of amides is 1. The highest BCUT2D eigenvalue weighted by Gasteiger charge is 2.22. The molecule has 1 heterocycles. The van der Waals surface area contributed by atoms with Crippen molar-refractivity contribution in [3.63, 3.8) is 0 Å². The predicted octanol–water partition coefficient (Wildman–Crippen LogP) is 4.71. The lowest BCUT2D eigenvalue weighted by atomic mass is 10.0. The zero-order chi connectivity index (χ0) is 16.1. The molecule has 0 spiro atoms. The van der Waals surface area contributed by atoms with Crippen molar-refractivity contribution in [2.45, 2.75) is 19.8 Å². The molecule has 0 radical (unpaired) electrons. The average molecular weight is 311 g/mol. The second-order valence-electron chi connectivity index (χ2n) is 5.95. The van der Waals surface area contributed by atoms with Crippen LogP contribution in [-0.2, 0) is 0 Å². The molecule has 4 heteroatoms.